The fourth-order valence-corrected chi connectivity index (χ4v) is 4.14. The van der Waals surface area contributed by atoms with Crippen molar-refractivity contribution in [2.45, 2.75) is 18.9 Å². The third-order valence-corrected chi connectivity index (χ3v) is 5.37. The summed E-state index contributed by atoms with van der Waals surface area (Å²) in [7, 11) is 0. The Morgan fingerprint density at radius 1 is 1.32 bits per heavy atom. The van der Waals surface area contributed by atoms with Gasteiger partial charge in [-0.25, -0.2) is 4.98 Å². The number of hydrogen-bond donors (Lipinski definition) is 0. The highest BCUT2D eigenvalue weighted by molar-refractivity contribution is 7.20. The van der Waals surface area contributed by atoms with Crippen LogP contribution < -0.4 is 0 Å². The lowest BCUT2D eigenvalue weighted by molar-refractivity contribution is 0.0684. The molecule has 22 heavy (non-hydrogen) atoms. The van der Waals surface area contributed by atoms with Crippen LogP contribution in [-0.4, -0.2) is 33.4 Å². The lowest BCUT2D eigenvalue weighted by atomic mass is 10.1. The Morgan fingerprint density at radius 3 is 3.05 bits per heavy atom. The molecule has 2 aromatic heterocycles. The Morgan fingerprint density at radius 2 is 2.23 bits per heavy atom. The fourth-order valence-electron chi connectivity index (χ4n) is 3.11. The van der Waals surface area contributed by atoms with E-state index in [1.807, 2.05) is 35.6 Å². The fraction of sp³-hybridized carbons (Fsp3) is 0.294. The molecule has 1 aliphatic rings. The van der Waals surface area contributed by atoms with Crippen LogP contribution >= 0.6 is 11.3 Å². The van der Waals surface area contributed by atoms with E-state index in [1.54, 1.807) is 17.5 Å². The number of nitrogens with zero attached hydrogens (tertiary/aromatic N) is 3. The van der Waals surface area contributed by atoms with E-state index < -0.39 is 0 Å². The third kappa shape index (κ3) is 2.41. The number of rotatable bonds is 2. The van der Waals surface area contributed by atoms with Gasteiger partial charge in [-0.15, -0.1) is 11.3 Å². The molecule has 1 unspecified atom stereocenters. The van der Waals surface area contributed by atoms with E-state index in [0.29, 0.717) is 6.04 Å². The molecule has 5 heteroatoms. The van der Waals surface area contributed by atoms with Crippen LogP contribution in [0.1, 0.15) is 28.6 Å². The maximum Gasteiger partial charge on any atom is 0.264 e. The lowest BCUT2D eigenvalue weighted by Gasteiger charge is -2.33. The van der Waals surface area contributed by atoms with Crippen molar-refractivity contribution in [3.05, 3.63) is 53.9 Å². The number of piperidine rings is 1. The van der Waals surface area contributed by atoms with Gasteiger partial charge in [0, 0.05) is 30.2 Å². The molecule has 0 radical (unpaired) electrons. The first-order chi connectivity index (χ1) is 10.8. The summed E-state index contributed by atoms with van der Waals surface area (Å²) in [5.41, 5.74) is 0. The molecule has 4 nitrogen and oxygen atoms in total. The second-order valence-corrected chi connectivity index (χ2v) is 6.79. The second kappa shape index (κ2) is 5.57. The molecule has 0 bridgehead atoms. The van der Waals surface area contributed by atoms with E-state index in [4.69, 9.17) is 0 Å². The number of benzene rings is 1. The molecule has 0 spiro atoms. The van der Waals surface area contributed by atoms with Crippen molar-refractivity contribution in [3.63, 3.8) is 0 Å². The van der Waals surface area contributed by atoms with E-state index in [0.717, 1.165) is 36.2 Å². The zero-order valence-electron chi connectivity index (χ0n) is 12.2. The SMILES string of the molecule is O=C(c1cc2ccccc2s1)N1CCCC(n2ccnc2)C1. The molecule has 0 N–H and O–H groups in total. The molecule has 3 aromatic rings. The van der Waals surface area contributed by atoms with Gasteiger partial charge in [0.25, 0.3) is 5.91 Å². The van der Waals surface area contributed by atoms with Crippen LogP contribution in [0.2, 0.25) is 0 Å². The third-order valence-electron chi connectivity index (χ3n) is 4.27. The number of fused-ring (bicyclic) bond motifs is 1. The topological polar surface area (TPSA) is 38.1 Å². The van der Waals surface area contributed by atoms with Gasteiger partial charge in [-0.1, -0.05) is 18.2 Å². The van der Waals surface area contributed by atoms with Crippen LogP contribution in [0.3, 0.4) is 0 Å². The van der Waals surface area contributed by atoms with E-state index in [9.17, 15) is 4.79 Å². The number of thiophene rings is 1. The molecule has 1 fully saturated rings. The monoisotopic (exact) mass is 311 g/mol. The van der Waals surface area contributed by atoms with Crippen LogP contribution in [0, 0.1) is 0 Å². The Kier molecular flexibility index (Phi) is 3.42. The number of likely N-dealkylation sites (tertiary alicyclic amines) is 1. The van der Waals surface area contributed by atoms with Crippen LogP contribution in [-0.2, 0) is 0 Å². The maximum absolute atomic E-state index is 12.8. The van der Waals surface area contributed by atoms with Crippen molar-refractivity contribution >= 4 is 27.3 Å². The molecular weight excluding hydrogens is 294 g/mol. The average Bonchev–Trinajstić information content (AvgIpc) is 3.23. The summed E-state index contributed by atoms with van der Waals surface area (Å²) in [6, 6.07) is 10.5. The molecule has 0 saturated carbocycles. The highest BCUT2D eigenvalue weighted by Gasteiger charge is 2.26. The highest BCUT2D eigenvalue weighted by Crippen LogP contribution is 2.28. The van der Waals surface area contributed by atoms with Gasteiger partial charge in [0.2, 0.25) is 0 Å². The Balaban J connectivity index is 1.56. The van der Waals surface area contributed by atoms with Crippen molar-refractivity contribution in [2.75, 3.05) is 13.1 Å². The first-order valence-electron chi connectivity index (χ1n) is 7.56. The number of hydrogen-bond acceptors (Lipinski definition) is 3. The van der Waals surface area contributed by atoms with E-state index >= 15 is 0 Å². The van der Waals surface area contributed by atoms with Gasteiger partial charge in [0.05, 0.1) is 17.2 Å². The number of imidazole rings is 1. The molecule has 1 amide bonds. The van der Waals surface area contributed by atoms with Gasteiger partial charge in [0.15, 0.2) is 0 Å². The predicted octanol–water partition coefficient (Wildman–Crippen LogP) is 3.58. The molecule has 0 aliphatic carbocycles. The smallest absolute Gasteiger partial charge is 0.264 e. The van der Waals surface area contributed by atoms with Gasteiger partial charge in [0.1, 0.15) is 0 Å². The zero-order chi connectivity index (χ0) is 14.9. The first-order valence-corrected chi connectivity index (χ1v) is 8.38. The minimum absolute atomic E-state index is 0.158. The van der Waals surface area contributed by atoms with Crippen molar-refractivity contribution in [1.29, 1.82) is 0 Å². The molecule has 1 aliphatic heterocycles. The van der Waals surface area contributed by atoms with Crippen LogP contribution in [0.5, 0.6) is 0 Å². The van der Waals surface area contributed by atoms with E-state index in [2.05, 4.69) is 21.7 Å². The molecule has 4 rings (SSSR count). The number of carbonyl (C=O) groups is 1. The van der Waals surface area contributed by atoms with Crippen LogP contribution in [0.4, 0.5) is 0 Å². The normalized spacial score (nSPS) is 18.7. The number of aromatic nitrogens is 2. The summed E-state index contributed by atoms with van der Waals surface area (Å²) in [6.07, 6.45) is 7.77. The van der Waals surface area contributed by atoms with Crippen molar-refractivity contribution in [1.82, 2.24) is 14.5 Å². The number of amides is 1. The first kappa shape index (κ1) is 13.5. The maximum atomic E-state index is 12.8. The summed E-state index contributed by atoms with van der Waals surface area (Å²) in [5, 5.41) is 1.15. The van der Waals surface area contributed by atoms with Gasteiger partial charge < -0.3 is 9.47 Å². The van der Waals surface area contributed by atoms with E-state index in [1.165, 1.54) is 4.70 Å². The second-order valence-electron chi connectivity index (χ2n) is 5.71. The molecule has 112 valence electrons. The quantitative estimate of drug-likeness (QED) is 0.725. The Hall–Kier alpha value is -2.14. The predicted molar refractivity (Wildman–Crippen MR) is 88.2 cm³/mol. The number of carbonyl (C=O) groups excluding carboxylic acids is 1. The van der Waals surface area contributed by atoms with Gasteiger partial charge in [-0.2, -0.15) is 0 Å². The molecule has 1 saturated heterocycles. The lowest BCUT2D eigenvalue weighted by Crippen LogP contribution is -2.40. The Bertz CT molecular complexity index is 760. The van der Waals surface area contributed by atoms with Gasteiger partial charge in [-0.3, -0.25) is 4.79 Å². The molecular formula is C17H17N3OS. The summed E-state index contributed by atoms with van der Waals surface area (Å²) >= 11 is 1.59. The highest BCUT2D eigenvalue weighted by atomic mass is 32.1. The molecule has 1 atom stereocenters. The van der Waals surface area contributed by atoms with E-state index in [-0.39, 0.29) is 5.91 Å². The molecule has 1 aromatic carbocycles. The summed E-state index contributed by atoms with van der Waals surface area (Å²) in [4.78, 5) is 19.7. The minimum Gasteiger partial charge on any atom is -0.336 e. The van der Waals surface area contributed by atoms with Crippen molar-refractivity contribution in [3.8, 4) is 0 Å². The summed E-state index contributed by atoms with van der Waals surface area (Å²) in [5.74, 6) is 0.158. The van der Waals surface area contributed by atoms with Crippen molar-refractivity contribution in [2.24, 2.45) is 0 Å². The Labute approximate surface area is 133 Å². The summed E-state index contributed by atoms with van der Waals surface area (Å²) in [6.45, 7) is 1.61. The largest absolute Gasteiger partial charge is 0.336 e. The van der Waals surface area contributed by atoms with Gasteiger partial charge >= 0.3 is 0 Å². The average molecular weight is 311 g/mol. The summed E-state index contributed by atoms with van der Waals surface area (Å²) < 4.78 is 3.29. The molecule has 3 heterocycles. The standard InChI is InChI=1S/C17H17N3OS/c21-17(16-10-13-4-1-2-6-15(13)22-16)19-8-3-5-14(11-19)20-9-7-18-12-20/h1-2,4,6-7,9-10,12,14H,3,5,8,11H2. The van der Waals surface area contributed by atoms with Crippen LogP contribution in [0.25, 0.3) is 10.1 Å². The van der Waals surface area contributed by atoms with Crippen molar-refractivity contribution < 1.29 is 4.79 Å². The zero-order valence-corrected chi connectivity index (χ0v) is 13.0. The van der Waals surface area contributed by atoms with Gasteiger partial charge in [-0.05, 0) is 30.4 Å². The minimum atomic E-state index is 0.158. The van der Waals surface area contributed by atoms with Crippen LogP contribution in [0.15, 0.2) is 49.1 Å².